The Kier molecular flexibility index (Phi) is 8.99. The Morgan fingerprint density at radius 2 is 1.11 bits per heavy atom. The Bertz CT molecular complexity index is 1590. The molecule has 0 atom stereocenters. The standard InChI is InChI=1S/C34H38N6O4/c41-31(13-19-39-15-1-2-16-39)35-25-9-11-27-29(21-25)38-30-22-26(36-32(42)14-20-40-17-3-4-18-40)10-12-28(30)33(27)37-24-7-5-23(6-8-24)34(43)44/h5-12,21-22H,1-4,13-20H2,(H,35,41)(H,36,42)(H,37,38)(H,43,44). The number of carboxylic acid groups (broad SMARTS) is 1. The molecule has 0 spiro atoms. The summed E-state index contributed by atoms with van der Waals surface area (Å²) in [6.45, 7) is 5.71. The number of aromatic nitrogens is 1. The van der Waals surface area contributed by atoms with Gasteiger partial charge >= 0.3 is 5.97 Å². The Hall–Kier alpha value is -4.54. The molecule has 0 radical (unpaired) electrons. The second-order valence-electron chi connectivity index (χ2n) is 11.7. The lowest BCUT2D eigenvalue weighted by Crippen LogP contribution is -2.25. The Morgan fingerprint density at radius 1 is 0.659 bits per heavy atom. The molecular weight excluding hydrogens is 556 g/mol. The number of benzene rings is 3. The second-order valence-corrected chi connectivity index (χ2v) is 11.7. The van der Waals surface area contributed by atoms with Gasteiger partial charge in [-0.3, -0.25) is 9.59 Å². The Balaban J connectivity index is 1.27. The van der Waals surface area contributed by atoms with Crippen LogP contribution in [0.25, 0.3) is 21.8 Å². The van der Waals surface area contributed by atoms with Gasteiger partial charge in [0.05, 0.1) is 22.3 Å². The van der Waals surface area contributed by atoms with Crippen LogP contribution in [-0.2, 0) is 9.59 Å². The fourth-order valence-electron chi connectivity index (χ4n) is 6.06. The molecule has 228 valence electrons. The average Bonchev–Trinajstić information content (AvgIpc) is 3.74. The first-order valence-corrected chi connectivity index (χ1v) is 15.4. The summed E-state index contributed by atoms with van der Waals surface area (Å²) in [5.41, 5.74) is 4.41. The van der Waals surface area contributed by atoms with Gasteiger partial charge < -0.3 is 30.9 Å². The summed E-state index contributed by atoms with van der Waals surface area (Å²) >= 11 is 0. The Labute approximate surface area is 256 Å². The highest BCUT2D eigenvalue weighted by Gasteiger charge is 2.16. The van der Waals surface area contributed by atoms with Gasteiger partial charge in [0.25, 0.3) is 0 Å². The third kappa shape index (κ3) is 7.15. The van der Waals surface area contributed by atoms with Gasteiger partial charge in [0.15, 0.2) is 0 Å². The minimum absolute atomic E-state index is 0.0344. The summed E-state index contributed by atoms with van der Waals surface area (Å²) in [4.78, 5) is 46.4. The molecule has 44 heavy (non-hydrogen) atoms. The van der Waals surface area contributed by atoms with Crippen molar-refractivity contribution in [3.05, 3.63) is 66.2 Å². The summed E-state index contributed by atoms with van der Waals surface area (Å²) in [7, 11) is 0. The molecule has 2 fully saturated rings. The number of hydrogen-bond donors (Lipinski definition) is 4. The molecule has 2 saturated heterocycles. The third-order valence-electron chi connectivity index (χ3n) is 8.45. The van der Waals surface area contributed by atoms with Crippen LogP contribution in [0.15, 0.2) is 60.7 Å². The van der Waals surface area contributed by atoms with Crippen LogP contribution in [0.1, 0.15) is 48.9 Å². The maximum Gasteiger partial charge on any atom is 0.335 e. The number of hydrogen-bond acceptors (Lipinski definition) is 7. The number of nitrogens with one attached hydrogen (secondary N) is 3. The number of pyridine rings is 1. The number of anilines is 4. The highest BCUT2D eigenvalue weighted by atomic mass is 16.4. The van der Waals surface area contributed by atoms with Gasteiger partial charge in [-0.05, 0) is 113 Å². The lowest BCUT2D eigenvalue weighted by molar-refractivity contribution is -0.117. The molecule has 2 aliphatic rings. The van der Waals surface area contributed by atoms with Crippen LogP contribution < -0.4 is 16.0 Å². The zero-order chi connectivity index (χ0) is 30.5. The van der Waals surface area contributed by atoms with Crippen LogP contribution in [0.5, 0.6) is 0 Å². The van der Waals surface area contributed by atoms with Crippen molar-refractivity contribution in [2.45, 2.75) is 38.5 Å². The van der Waals surface area contributed by atoms with Crippen LogP contribution >= 0.6 is 0 Å². The lowest BCUT2D eigenvalue weighted by Gasteiger charge is -2.16. The lowest BCUT2D eigenvalue weighted by atomic mass is 10.1. The normalized spacial score (nSPS) is 15.5. The first-order chi connectivity index (χ1) is 21.4. The quantitative estimate of drug-likeness (QED) is 0.164. The van der Waals surface area contributed by atoms with Crippen molar-refractivity contribution in [1.82, 2.24) is 14.8 Å². The topological polar surface area (TPSA) is 127 Å². The van der Waals surface area contributed by atoms with Crippen LogP contribution in [0, 0.1) is 0 Å². The first-order valence-electron chi connectivity index (χ1n) is 15.4. The first kappa shape index (κ1) is 29.5. The van der Waals surface area contributed by atoms with E-state index in [1.165, 1.54) is 25.7 Å². The number of fused-ring (bicyclic) bond motifs is 2. The molecule has 0 unspecified atom stereocenters. The molecule has 10 heteroatoms. The molecule has 2 amide bonds. The van der Waals surface area contributed by atoms with Crippen molar-refractivity contribution in [2.75, 3.05) is 55.2 Å². The van der Waals surface area contributed by atoms with Crippen LogP contribution in [0.2, 0.25) is 0 Å². The molecular formula is C34H38N6O4. The van der Waals surface area contributed by atoms with E-state index < -0.39 is 5.97 Å². The maximum atomic E-state index is 12.7. The van der Waals surface area contributed by atoms with Gasteiger partial charge in [0.1, 0.15) is 0 Å². The number of carboxylic acids is 1. The monoisotopic (exact) mass is 594 g/mol. The zero-order valence-electron chi connectivity index (χ0n) is 24.8. The minimum atomic E-state index is -0.985. The van der Waals surface area contributed by atoms with Crippen LogP contribution in [-0.4, -0.2) is 76.9 Å². The average molecular weight is 595 g/mol. The van der Waals surface area contributed by atoms with Gasteiger partial charge in [-0.2, -0.15) is 0 Å². The smallest absolute Gasteiger partial charge is 0.335 e. The van der Waals surface area contributed by atoms with Crippen molar-refractivity contribution >= 4 is 62.3 Å². The second kappa shape index (κ2) is 13.4. The molecule has 10 nitrogen and oxygen atoms in total. The highest BCUT2D eigenvalue weighted by molar-refractivity contribution is 6.10. The van der Waals surface area contributed by atoms with E-state index in [1.54, 1.807) is 24.3 Å². The summed E-state index contributed by atoms with van der Waals surface area (Å²) in [6.07, 6.45) is 5.63. The summed E-state index contributed by atoms with van der Waals surface area (Å²) < 4.78 is 0. The van der Waals surface area contributed by atoms with Gasteiger partial charge in [-0.1, -0.05) is 0 Å². The van der Waals surface area contributed by atoms with Crippen molar-refractivity contribution in [3.8, 4) is 0 Å². The third-order valence-corrected chi connectivity index (χ3v) is 8.45. The molecule has 2 aliphatic heterocycles. The van der Waals surface area contributed by atoms with Gasteiger partial charge in [0.2, 0.25) is 11.8 Å². The molecule has 3 heterocycles. The van der Waals surface area contributed by atoms with Gasteiger partial charge in [-0.15, -0.1) is 0 Å². The highest BCUT2D eigenvalue weighted by Crippen LogP contribution is 2.35. The zero-order valence-corrected chi connectivity index (χ0v) is 24.8. The summed E-state index contributed by atoms with van der Waals surface area (Å²) in [5.74, 6) is -1.05. The fraction of sp³-hybridized carbons (Fsp3) is 0.353. The number of carbonyl (C=O) groups is 3. The largest absolute Gasteiger partial charge is 0.478 e. The van der Waals surface area contributed by atoms with Crippen molar-refractivity contribution in [3.63, 3.8) is 0 Å². The number of amides is 2. The molecule has 4 N–H and O–H groups in total. The minimum Gasteiger partial charge on any atom is -0.478 e. The van der Waals surface area contributed by atoms with Crippen LogP contribution in [0.4, 0.5) is 22.7 Å². The molecule has 1 aromatic heterocycles. The van der Waals surface area contributed by atoms with E-state index in [9.17, 15) is 19.5 Å². The fourth-order valence-corrected chi connectivity index (χ4v) is 6.06. The number of rotatable bonds is 11. The van der Waals surface area contributed by atoms with E-state index in [-0.39, 0.29) is 17.4 Å². The maximum absolute atomic E-state index is 12.7. The van der Waals surface area contributed by atoms with E-state index in [2.05, 4.69) is 25.8 Å². The molecule has 0 saturated carbocycles. The van der Waals surface area contributed by atoms with Crippen molar-refractivity contribution in [2.24, 2.45) is 0 Å². The van der Waals surface area contributed by atoms with Crippen molar-refractivity contribution in [1.29, 1.82) is 0 Å². The molecule has 0 bridgehead atoms. The number of carbonyl (C=O) groups excluding carboxylic acids is 2. The Morgan fingerprint density at radius 3 is 1.57 bits per heavy atom. The van der Waals surface area contributed by atoms with E-state index in [0.717, 1.165) is 61.4 Å². The number of nitrogens with zero attached hydrogens (tertiary/aromatic N) is 3. The SMILES string of the molecule is O=C(CCN1CCCC1)Nc1ccc2c(Nc3ccc(C(=O)O)cc3)c3ccc(NC(=O)CCN4CCCC4)cc3nc2c1. The predicted octanol–water partition coefficient (Wildman–Crippen LogP) is 5.68. The van der Waals surface area contributed by atoms with Gasteiger partial charge in [0, 0.05) is 53.8 Å². The van der Waals surface area contributed by atoms with Crippen molar-refractivity contribution < 1.29 is 19.5 Å². The summed E-state index contributed by atoms with van der Waals surface area (Å²) in [6, 6.07) is 17.9. The predicted molar refractivity (Wildman–Crippen MR) is 174 cm³/mol. The molecule has 4 aromatic rings. The van der Waals surface area contributed by atoms with E-state index >= 15 is 0 Å². The molecule has 0 aliphatic carbocycles. The van der Waals surface area contributed by atoms with E-state index in [0.29, 0.717) is 35.2 Å². The van der Waals surface area contributed by atoms with Crippen LogP contribution in [0.3, 0.4) is 0 Å². The molecule has 3 aromatic carbocycles. The number of aromatic carboxylic acids is 1. The molecule has 6 rings (SSSR count). The van der Waals surface area contributed by atoms with E-state index in [4.69, 9.17) is 4.98 Å². The number of likely N-dealkylation sites (tertiary alicyclic amines) is 2. The summed E-state index contributed by atoms with van der Waals surface area (Å²) in [5, 5.41) is 20.5. The van der Waals surface area contributed by atoms with Gasteiger partial charge in [-0.25, -0.2) is 9.78 Å². The van der Waals surface area contributed by atoms with E-state index in [1.807, 2.05) is 36.4 Å².